The number of fused-ring (bicyclic) bond motifs is 10. The maximum atomic E-state index is 2.44. The topological polar surface area (TPSA) is 9.86 Å². The number of aromatic nitrogens is 2. The molecule has 10 aromatic rings. The molecule has 0 amide bonds. The van der Waals surface area contributed by atoms with Crippen LogP contribution in [0.1, 0.15) is 0 Å². The van der Waals surface area contributed by atoms with Crippen LogP contribution in [0.25, 0.3) is 86.3 Å². The third kappa shape index (κ3) is 3.56. The summed E-state index contributed by atoms with van der Waals surface area (Å²) in [6, 6.07) is 57.5. The van der Waals surface area contributed by atoms with Crippen molar-refractivity contribution in [2.45, 2.75) is 0 Å². The zero-order valence-corrected chi connectivity index (χ0v) is 25.1. The molecule has 3 heteroatoms. The Balaban J connectivity index is 1.21. The lowest BCUT2D eigenvalue weighted by Crippen LogP contribution is -1.92. The Morgan fingerprint density at radius 2 is 0.889 bits per heavy atom. The van der Waals surface area contributed by atoms with Gasteiger partial charge in [0, 0.05) is 48.4 Å². The van der Waals surface area contributed by atoms with Crippen LogP contribution in [-0.2, 0) is 0 Å². The number of hydrogen-bond acceptors (Lipinski definition) is 1. The lowest BCUT2D eigenvalue weighted by molar-refractivity contribution is 1.18. The highest BCUT2D eigenvalue weighted by molar-refractivity contribution is 7.26. The molecule has 10 rings (SSSR count). The normalized spacial score (nSPS) is 12.0. The molecular weight excluding hydrogens is 565 g/mol. The van der Waals surface area contributed by atoms with E-state index in [2.05, 4.69) is 167 Å². The average molecular weight is 591 g/mol. The van der Waals surface area contributed by atoms with Crippen LogP contribution < -0.4 is 0 Å². The largest absolute Gasteiger partial charge is 0.309 e. The van der Waals surface area contributed by atoms with Gasteiger partial charge in [0.1, 0.15) is 0 Å². The SMILES string of the molecule is c1ccc(-n2c3ccccc3c3cc(-c4ccc5sc6c(ccc7c8ccccc8n(-c8ccccc8)c76)c5c4)ccc32)cc1. The van der Waals surface area contributed by atoms with Crippen LogP contribution in [0.15, 0.2) is 158 Å². The lowest BCUT2D eigenvalue weighted by atomic mass is 10.0. The molecule has 0 aliphatic heterocycles. The van der Waals surface area contributed by atoms with Crippen LogP contribution >= 0.6 is 11.3 Å². The number of hydrogen-bond donors (Lipinski definition) is 0. The highest BCUT2D eigenvalue weighted by Crippen LogP contribution is 2.44. The van der Waals surface area contributed by atoms with E-state index in [1.807, 2.05) is 11.3 Å². The molecule has 2 nitrogen and oxygen atoms in total. The summed E-state index contributed by atoms with van der Waals surface area (Å²) in [7, 11) is 0. The second kappa shape index (κ2) is 9.43. The van der Waals surface area contributed by atoms with E-state index in [9.17, 15) is 0 Å². The number of para-hydroxylation sites is 4. The van der Waals surface area contributed by atoms with Crippen molar-refractivity contribution in [2.75, 3.05) is 0 Å². The summed E-state index contributed by atoms with van der Waals surface area (Å²) in [4.78, 5) is 0. The van der Waals surface area contributed by atoms with E-state index in [4.69, 9.17) is 0 Å². The first kappa shape index (κ1) is 24.8. The van der Waals surface area contributed by atoms with E-state index in [1.165, 1.54) is 86.3 Å². The van der Waals surface area contributed by atoms with Gasteiger partial charge in [0.15, 0.2) is 0 Å². The van der Waals surface area contributed by atoms with Gasteiger partial charge in [-0.15, -0.1) is 11.3 Å². The molecule has 0 aliphatic rings. The highest BCUT2D eigenvalue weighted by Gasteiger charge is 2.18. The molecule has 0 saturated carbocycles. The van der Waals surface area contributed by atoms with Crippen LogP contribution in [0.2, 0.25) is 0 Å². The van der Waals surface area contributed by atoms with E-state index in [-0.39, 0.29) is 0 Å². The van der Waals surface area contributed by atoms with Gasteiger partial charge in [0.2, 0.25) is 0 Å². The standard InChI is InChI=1S/C42H26N2S/c1-3-11-29(12-4-1)43-37-17-9-8-16-32(37)35-25-27(19-23-39(35)43)28-20-24-40-36(26-28)34-22-21-33-31-15-7-10-18-38(31)44(41(33)42(34)45-40)30-13-5-2-6-14-30/h1-26H. The molecule has 0 bridgehead atoms. The first-order chi connectivity index (χ1) is 22.3. The summed E-state index contributed by atoms with van der Waals surface area (Å²) in [6.07, 6.45) is 0. The molecular formula is C42H26N2S. The second-order valence-corrected chi connectivity index (χ2v) is 12.8. The number of benzene rings is 7. The van der Waals surface area contributed by atoms with Gasteiger partial charge < -0.3 is 9.13 Å². The quantitative estimate of drug-likeness (QED) is 0.194. The molecule has 0 N–H and O–H groups in total. The van der Waals surface area contributed by atoms with Crippen molar-refractivity contribution in [3.8, 4) is 22.5 Å². The maximum Gasteiger partial charge on any atom is 0.0719 e. The molecule has 7 aromatic carbocycles. The predicted molar refractivity (Wildman–Crippen MR) is 193 cm³/mol. The molecule has 0 fully saturated rings. The molecule has 0 saturated heterocycles. The minimum Gasteiger partial charge on any atom is -0.309 e. The van der Waals surface area contributed by atoms with Crippen molar-refractivity contribution in [3.63, 3.8) is 0 Å². The van der Waals surface area contributed by atoms with Gasteiger partial charge in [-0.3, -0.25) is 0 Å². The third-order valence-electron chi connectivity index (χ3n) is 9.31. The third-order valence-corrected chi connectivity index (χ3v) is 10.5. The molecule has 0 aliphatic carbocycles. The zero-order valence-electron chi connectivity index (χ0n) is 24.3. The first-order valence-corrected chi connectivity index (χ1v) is 16.2. The van der Waals surface area contributed by atoms with Gasteiger partial charge >= 0.3 is 0 Å². The lowest BCUT2D eigenvalue weighted by Gasteiger charge is -2.08. The van der Waals surface area contributed by atoms with Crippen molar-refractivity contribution >= 4 is 75.1 Å². The Hall–Kier alpha value is -5.64. The first-order valence-electron chi connectivity index (χ1n) is 15.4. The van der Waals surface area contributed by atoms with Gasteiger partial charge in [0.05, 0.1) is 26.8 Å². The number of thiophene rings is 1. The fourth-order valence-electron chi connectivity index (χ4n) is 7.31. The van der Waals surface area contributed by atoms with Crippen molar-refractivity contribution in [2.24, 2.45) is 0 Å². The van der Waals surface area contributed by atoms with Crippen LogP contribution in [0.4, 0.5) is 0 Å². The van der Waals surface area contributed by atoms with Gasteiger partial charge in [-0.05, 0) is 71.8 Å². The maximum absolute atomic E-state index is 2.44. The highest BCUT2D eigenvalue weighted by atomic mass is 32.1. The number of nitrogens with zero attached hydrogens (tertiary/aromatic N) is 2. The fraction of sp³-hybridized carbons (Fsp3) is 0. The van der Waals surface area contributed by atoms with Crippen molar-refractivity contribution in [3.05, 3.63) is 158 Å². The molecule has 0 unspecified atom stereocenters. The molecule has 0 radical (unpaired) electrons. The molecule has 0 atom stereocenters. The minimum atomic E-state index is 1.18. The van der Waals surface area contributed by atoms with Crippen LogP contribution in [0.3, 0.4) is 0 Å². The Kier molecular flexibility index (Phi) is 5.19. The summed E-state index contributed by atoms with van der Waals surface area (Å²) < 4.78 is 7.47. The summed E-state index contributed by atoms with van der Waals surface area (Å²) in [5.74, 6) is 0. The fourth-order valence-corrected chi connectivity index (χ4v) is 8.54. The Morgan fingerprint density at radius 3 is 1.62 bits per heavy atom. The zero-order chi connectivity index (χ0) is 29.5. The molecule has 210 valence electrons. The van der Waals surface area contributed by atoms with E-state index in [0.717, 1.165) is 0 Å². The van der Waals surface area contributed by atoms with E-state index < -0.39 is 0 Å². The smallest absolute Gasteiger partial charge is 0.0719 e. The predicted octanol–water partition coefficient (Wildman–Crippen LogP) is 11.9. The molecule has 3 aromatic heterocycles. The second-order valence-electron chi connectivity index (χ2n) is 11.8. The van der Waals surface area contributed by atoms with Crippen molar-refractivity contribution in [1.82, 2.24) is 9.13 Å². The molecule has 3 heterocycles. The van der Waals surface area contributed by atoms with Gasteiger partial charge in [-0.1, -0.05) is 97.1 Å². The van der Waals surface area contributed by atoms with Gasteiger partial charge in [-0.2, -0.15) is 0 Å². The van der Waals surface area contributed by atoms with Gasteiger partial charge in [-0.25, -0.2) is 0 Å². The van der Waals surface area contributed by atoms with Crippen molar-refractivity contribution in [1.29, 1.82) is 0 Å². The molecule has 0 spiro atoms. The Bertz CT molecular complexity index is 2740. The van der Waals surface area contributed by atoms with E-state index >= 15 is 0 Å². The Labute approximate surface area is 263 Å². The summed E-state index contributed by atoms with van der Waals surface area (Å²) in [5.41, 5.74) is 9.84. The molecule has 45 heavy (non-hydrogen) atoms. The minimum absolute atomic E-state index is 1.18. The summed E-state index contributed by atoms with van der Waals surface area (Å²) >= 11 is 1.90. The Morgan fingerprint density at radius 1 is 0.356 bits per heavy atom. The summed E-state index contributed by atoms with van der Waals surface area (Å²) in [5, 5.41) is 7.76. The average Bonchev–Trinajstić information content (AvgIpc) is 3.76. The van der Waals surface area contributed by atoms with Gasteiger partial charge in [0.25, 0.3) is 0 Å². The van der Waals surface area contributed by atoms with Crippen LogP contribution in [0.5, 0.6) is 0 Å². The van der Waals surface area contributed by atoms with E-state index in [0.29, 0.717) is 0 Å². The number of rotatable bonds is 3. The van der Waals surface area contributed by atoms with Crippen LogP contribution in [-0.4, -0.2) is 9.13 Å². The van der Waals surface area contributed by atoms with E-state index in [1.54, 1.807) is 0 Å². The summed E-state index contributed by atoms with van der Waals surface area (Å²) in [6.45, 7) is 0. The monoisotopic (exact) mass is 590 g/mol. The van der Waals surface area contributed by atoms with Crippen molar-refractivity contribution < 1.29 is 0 Å². The van der Waals surface area contributed by atoms with Crippen LogP contribution in [0, 0.1) is 0 Å².